The van der Waals surface area contributed by atoms with Gasteiger partial charge in [0.1, 0.15) is 0 Å². The molecule has 0 spiro atoms. The topological polar surface area (TPSA) is 41.8 Å². The predicted molar refractivity (Wildman–Crippen MR) is 119 cm³/mol. The number of aliphatic imine (C=N–C) groups is 1. The van der Waals surface area contributed by atoms with Crippen molar-refractivity contribution in [3.63, 3.8) is 0 Å². The number of phenols is 1. The van der Waals surface area contributed by atoms with Gasteiger partial charge >= 0.3 is 0 Å². The highest BCUT2D eigenvalue weighted by molar-refractivity contribution is 8.76. The Balaban J connectivity index is 1.92. The molecular formula is C20H27NO2S3. The van der Waals surface area contributed by atoms with Gasteiger partial charge in [0, 0.05) is 40.3 Å². The molecule has 0 bridgehead atoms. The lowest BCUT2D eigenvalue weighted by molar-refractivity contribution is 0.373. The van der Waals surface area contributed by atoms with Gasteiger partial charge in [0.2, 0.25) is 0 Å². The zero-order valence-electron chi connectivity index (χ0n) is 15.8. The highest BCUT2D eigenvalue weighted by atomic mass is 33.1. The van der Waals surface area contributed by atoms with Gasteiger partial charge in [-0.15, -0.1) is 11.3 Å². The van der Waals surface area contributed by atoms with Crippen LogP contribution in [0.15, 0.2) is 34.6 Å². The maximum absolute atomic E-state index is 10.1. The summed E-state index contributed by atoms with van der Waals surface area (Å²) in [6, 6.07) is 7.68. The van der Waals surface area contributed by atoms with Crippen LogP contribution in [0.2, 0.25) is 0 Å². The number of aromatic hydroxyl groups is 1. The average molecular weight is 410 g/mol. The molecule has 142 valence electrons. The van der Waals surface area contributed by atoms with E-state index in [-0.39, 0.29) is 5.75 Å². The van der Waals surface area contributed by atoms with Gasteiger partial charge in [-0.05, 0) is 35.4 Å². The minimum absolute atomic E-state index is 0.140. The third kappa shape index (κ3) is 6.89. The first-order valence-electron chi connectivity index (χ1n) is 8.60. The van der Waals surface area contributed by atoms with Crippen LogP contribution in [-0.2, 0) is 0 Å². The van der Waals surface area contributed by atoms with Crippen LogP contribution in [0.25, 0.3) is 10.4 Å². The second-order valence-electron chi connectivity index (χ2n) is 7.08. The van der Waals surface area contributed by atoms with Crippen LogP contribution in [0, 0.1) is 5.41 Å². The molecule has 0 amide bonds. The Morgan fingerprint density at radius 3 is 2.65 bits per heavy atom. The maximum atomic E-state index is 10.1. The van der Waals surface area contributed by atoms with Crippen molar-refractivity contribution in [2.75, 3.05) is 25.2 Å². The van der Waals surface area contributed by atoms with Crippen molar-refractivity contribution < 1.29 is 9.84 Å². The maximum Gasteiger partial charge on any atom is 0.161 e. The van der Waals surface area contributed by atoms with Crippen molar-refractivity contribution in [2.45, 2.75) is 27.2 Å². The molecule has 1 aromatic carbocycles. The molecule has 0 aliphatic carbocycles. The van der Waals surface area contributed by atoms with Crippen molar-refractivity contribution in [1.29, 1.82) is 0 Å². The van der Waals surface area contributed by atoms with Gasteiger partial charge < -0.3 is 9.84 Å². The van der Waals surface area contributed by atoms with Crippen LogP contribution in [-0.4, -0.2) is 36.5 Å². The van der Waals surface area contributed by atoms with E-state index in [9.17, 15) is 5.11 Å². The molecule has 0 saturated carbocycles. The van der Waals surface area contributed by atoms with Crippen molar-refractivity contribution in [2.24, 2.45) is 10.4 Å². The fourth-order valence-electron chi connectivity index (χ4n) is 2.22. The number of thiophene rings is 1. The number of phenolic OH excluding ortho intramolecular Hbond substituents is 1. The van der Waals surface area contributed by atoms with E-state index in [0.717, 1.165) is 28.3 Å². The van der Waals surface area contributed by atoms with Crippen molar-refractivity contribution in [1.82, 2.24) is 0 Å². The molecule has 0 aliphatic rings. The fourth-order valence-corrected chi connectivity index (χ4v) is 5.28. The first-order chi connectivity index (χ1) is 12.4. The minimum Gasteiger partial charge on any atom is -0.504 e. The average Bonchev–Trinajstić information content (AvgIpc) is 3.10. The van der Waals surface area contributed by atoms with Crippen LogP contribution in [0.5, 0.6) is 11.5 Å². The Kier molecular flexibility index (Phi) is 8.38. The number of ether oxygens (including phenoxy) is 1. The van der Waals surface area contributed by atoms with Gasteiger partial charge in [0.25, 0.3) is 0 Å². The summed E-state index contributed by atoms with van der Waals surface area (Å²) >= 11 is 1.66. The molecule has 0 atom stereocenters. The van der Waals surface area contributed by atoms with E-state index in [1.165, 1.54) is 12.2 Å². The van der Waals surface area contributed by atoms with Gasteiger partial charge in [-0.1, -0.05) is 48.4 Å². The molecule has 6 heteroatoms. The van der Waals surface area contributed by atoms with Gasteiger partial charge in [-0.2, -0.15) is 0 Å². The van der Waals surface area contributed by atoms with Crippen LogP contribution in [0.3, 0.4) is 0 Å². The highest BCUT2D eigenvalue weighted by Crippen LogP contribution is 2.36. The summed E-state index contributed by atoms with van der Waals surface area (Å²) in [7, 11) is 5.36. The number of methoxy groups -OCH3 is 1. The van der Waals surface area contributed by atoms with Gasteiger partial charge in [0.05, 0.1) is 7.11 Å². The Labute approximate surface area is 168 Å². The molecule has 26 heavy (non-hydrogen) atoms. The summed E-state index contributed by atoms with van der Waals surface area (Å²) in [5.74, 6) is 2.78. The summed E-state index contributed by atoms with van der Waals surface area (Å²) in [5, 5.41) is 12.1. The summed E-state index contributed by atoms with van der Waals surface area (Å²) < 4.78 is 5.25. The van der Waals surface area contributed by atoms with E-state index in [0.29, 0.717) is 11.2 Å². The lowest BCUT2D eigenvalue weighted by Gasteiger charge is -2.16. The Hall–Kier alpha value is -1.11. The lowest BCUT2D eigenvalue weighted by atomic mass is 9.94. The lowest BCUT2D eigenvalue weighted by Crippen LogP contribution is -2.05. The molecule has 0 saturated heterocycles. The van der Waals surface area contributed by atoms with Crippen LogP contribution in [0.1, 0.15) is 32.8 Å². The second kappa shape index (κ2) is 10.3. The van der Waals surface area contributed by atoms with Crippen LogP contribution in [0.4, 0.5) is 0 Å². The molecule has 2 rings (SSSR count). The molecule has 0 aliphatic heterocycles. The Morgan fingerprint density at radius 1 is 1.23 bits per heavy atom. The third-order valence-corrected chi connectivity index (χ3v) is 6.98. The Morgan fingerprint density at radius 2 is 2.00 bits per heavy atom. The van der Waals surface area contributed by atoms with Crippen LogP contribution >= 0.6 is 32.9 Å². The molecule has 0 unspecified atom stereocenters. The van der Waals surface area contributed by atoms with E-state index in [4.69, 9.17) is 4.74 Å². The number of nitrogens with zero attached hydrogens (tertiary/aromatic N) is 1. The molecule has 3 nitrogen and oxygen atoms in total. The summed E-state index contributed by atoms with van der Waals surface area (Å²) in [4.78, 5) is 5.68. The summed E-state index contributed by atoms with van der Waals surface area (Å²) in [6.45, 7) is 7.60. The SMILES string of the molecule is COc1cc(-c2cccs2)c(C=NCCSSCCC(C)(C)C)cc1O. The van der Waals surface area contributed by atoms with E-state index >= 15 is 0 Å². The molecule has 0 radical (unpaired) electrons. The molecule has 1 heterocycles. The molecule has 0 fully saturated rings. The monoisotopic (exact) mass is 409 g/mol. The van der Waals surface area contributed by atoms with E-state index in [1.54, 1.807) is 24.5 Å². The molecular weight excluding hydrogens is 382 g/mol. The Bertz CT molecular complexity index is 707. The zero-order valence-corrected chi connectivity index (χ0v) is 18.3. The van der Waals surface area contributed by atoms with Crippen LogP contribution < -0.4 is 4.74 Å². The highest BCUT2D eigenvalue weighted by Gasteiger charge is 2.11. The standard InChI is InChI=1S/C20H27NO2S3/c1-20(2,3)7-10-25-26-11-8-21-14-15-12-17(22)18(23-4)13-16(15)19-6-5-9-24-19/h5-6,9,12-14,22H,7-8,10-11H2,1-4H3. The number of hydrogen-bond acceptors (Lipinski definition) is 6. The summed E-state index contributed by atoms with van der Waals surface area (Å²) in [5.41, 5.74) is 2.35. The first-order valence-corrected chi connectivity index (χ1v) is 12.0. The molecule has 1 N–H and O–H groups in total. The zero-order chi connectivity index (χ0) is 19.0. The smallest absolute Gasteiger partial charge is 0.161 e. The minimum atomic E-state index is 0.140. The molecule has 1 aromatic heterocycles. The molecule has 2 aromatic rings. The van der Waals surface area contributed by atoms with Crippen molar-refractivity contribution >= 4 is 39.1 Å². The van der Waals surface area contributed by atoms with Gasteiger partial charge in [-0.3, -0.25) is 4.99 Å². The van der Waals surface area contributed by atoms with E-state index in [2.05, 4.69) is 31.8 Å². The summed E-state index contributed by atoms with van der Waals surface area (Å²) in [6.07, 6.45) is 3.08. The second-order valence-corrected chi connectivity index (χ2v) is 10.7. The van der Waals surface area contributed by atoms with E-state index in [1.807, 2.05) is 45.3 Å². The van der Waals surface area contributed by atoms with Crippen molar-refractivity contribution in [3.8, 4) is 21.9 Å². The van der Waals surface area contributed by atoms with E-state index < -0.39 is 0 Å². The quantitative estimate of drug-likeness (QED) is 0.297. The normalized spacial score (nSPS) is 12.0. The first kappa shape index (κ1) is 21.2. The van der Waals surface area contributed by atoms with Gasteiger partial charge in [-0.25, -0.2) is 0 Å². The number of rotatable bonds is 9. The number of hydrogen-bond donors (Lipinski definition) is 1. The van der Waals surface area contributed by atoms with Crippen molar-refractivity contribution in [3.05, 3.63) is 35.2 Å². The largest absolute Gasteiger partial charge is 0.504 e. The number of benzene rings is 1. The fraction of sp³-hybridized carbons (Fsp3) is 0.450. The predicted octanol–water partition coefficient (Wildman–Crippen LogP) is 6.37. The third-order valence-electron chi connectivity index (χ3n) is 3.69. The van der Waals surface area contributed by atoms with Gasteiger partial charge in [0.15, 0.2) is 11.5 Å².